The van der Waals surface area contributed by atoms with E-state index in [2.05, 4.69) is 35.5 Å². The van der Waals surface area contributed by atoms with Crippen molar-refractivity contribution in [2.24, 2.45) is 5.92 Å². The van der Waals surface area contributed by atoms with Crippen LogP contribution in [0.5, 0.6) is 17.4 Å². The molecule has 2 aromatic carbocycles. The van der Waals surface area contributed by atoms with Gasteiger partial charge in [0, 0.05) is 50.4 Å². The van der Waals surface area contributed by atoms with Gasteiger partial charge in [0.05, 0.1) is 39.3 Å². The number of hydrogen-bond donors (Lipinski definition) is 4. The third-order valence-electron chi connectivity index (χ3n) is 10.8. The Hall–Kier alpha value is -5.84. The first-order valence-corrected chi connectivity index (χ1v) is 20.3. The minimum absolute atomic E-state index is 0.0270. The van der Waals surface area contributed by atoms with E-state index in [4.69, 9.17) is 14.0 Å². The van der Waals surface area contributed by atoms with Gasteiger partial charge in [-0.1, -0.05) is 50.2 Å². The number of rotatable bonds is 14. The molecule has 0 saturated carbocycles. The van der Waals surface area contributed by atoms with Gasteiger partial charge in [0.1, 0.15) is 36.2 Å². The second kappa shape index (κ2) is 16.6. The van der Waals surface area contributed by atoms with Crippen molar-refractivity contribution < 1.29 is 33.8 Å². The Kier molecular flexibility index (Phi) is 11.1. The van der Waals surface area contributed by atoms with E-state index >= 15 is 0 Å². The van der Waals surface area contributed by atoms with Crippen LogP contribution in [0.3, 0.4) is 0 Å². The molecule has 6 heterocycles. The van der Waals surface area contributed by atoms with Crippen molar-refractivity contribution in [3.8, 4) is 39.1 Å². The highest BCUT2D eigenvalue weighted by atomic mass is 32.1. The number of aliphatic hydroxyl groups is 1. The summed E-state index contributed by atoms with van der Waals surface area (Å²) in [7, 11) is 0. The summed E-state index contributed by atoms with van der Waals surface area (Å²) in [6.07, 6.45) is 1.05. The molecule has 2 aliphatic heterocycles. The Bertz CT molecular complexity index is 2390. The number of benzene rings is 2. The summed E-state index contributed by atoms with van der Waals surface area (Å²) in [4.78, 5) is 40.0. The molecule has 58 heavy (non-hydrogen) atoms. The number of β-amino-alcohol motifs (C(OH)–C–C–N with tert-alkyl or cyclic N) is 1. The number of carbonyl (C=O) groups excluding carboxylic acids is 2. The number of fused-ring (bicyclic) bond motifs is 1. The zero-order valence-electron chi connectivity index (χ0n) is 32.7. The van der Waals surface area contributed by atoms with Crippen LogP contribution in [0.2, 0.25) is 0 Å². The molecule has 4 aromatic heterocycles. The lowest BCUT2D eigenvalue weighted by molar-refractivity contribution is -0.141. The number of thiazole rings is 1. The van der Waals surface area contributed by atoms with Crippen molar-refractivity contribution >= 4 is 34.2 Å². The van der Waals surface area contributed by atoms with Crippen molar-refractivity contribution in [2.75, 3.05) is 32.8 Å². The zero-order valence-corrected chi connectivity index (χ0v) is 33.5. The summed E-state index contributed by atoms with van der Waals surface area (Å²) >= 11 is 1.59. The van der Waals surface area contributed by atoms with Gasteiger partial charge in [-0.3, -0.25) is 14.5 Å². The van der Waals surface area contributed by atoms with Crippen LogP contribution >= 0.6 is 11.3 Å². The average Bonchev–Trinajstić information content (AvgIpc) is 4.01. The van der Waals surface area contributed by atoms with Crippen molar-refractivity contribution in [2.45, 2.75) is 64.3 Å². The van der Waals surface area contributed by atoms with Crippen LogP contribution in [0.1, 0.15) is 56.2 Å². The Morgan fingerprint density at radius 1 is 1.07 bits per heavy atom. The van der Waals surface area contributed by atoms with Crippen LogP contribution in [0.15, 0.2) is 76.9 Å². The molecular formula is C42H46N8O7S. The molecule has 0 spiro atoms. The minimum atomic E-state index is -0.834. The van der Waals surface area contributed by atoms with Crippen LogP contribution in [0.25, 0.3) is 32.7 Å². The van der Waals surface area contributed by atoms with E-state index in [0.29, 0.717) is 54.7 Å². The van der Waals surface area contributed by atoms with Gasteiger partial charge < -0.3 is 39.4 Å². The predicted octanol–water partition coefficient (Wildman–Crippen LogP) is 5.47. The molecule has 4 N–H and O–H groups in total. The van der Waals surface area contributed by atoms with E-state index in [1.165, 1.54) is 4.90 Å². The molecule has 2 amide bonds. The van der Waals surface area contributed by atoms with Crippen LogP contribution in [-0.2, 0) is 9.59 Å². The Balaban J connectivity index is 0.829. The predicted molar refractivity (Wildman–Crippen MR) is 216 cm³/mol. The number of aromatic nitrogens is 5. The number of hydrogen-bond acceptors (Lipinski definition) is 13. The summed E-state index contributed by atoms with van der Waals surface area (Å²) in [5, 5.41) is 37.4. The molecule has 0 unspecified atom stereocenters. The number of carbonyl (C=O) groups is 2. The fourth-order valence-corrected chi connectivity index (χ4v) is 8.47. The second-order valence-corrected chi connectivity index (χ2v) is 16.2. The van der Waals surface area contributed by atoms with Gasteiger partial charge in [-0.2, -0.15) is 0 Å². The standard InChI is InChI=1S/C42H46N8O7S/c1-23(2)38(42(54)50-19-28(51)15-33(50)41(53)45-24(3)26-9-11-27(12-10-26)39-25(4)44-22-58-39)35-17-37(48-57-35)55-14-13-49-20-29(21-49)56-36-18-43-40-31(36)16-32(46-47-40)30-7-5-6-8-34(30)52/h5-12,16-18,22-24,28-29,33,38,51-52H,13-15,19-21H2,1-4H3,(H,43,47)(H,45,53)/t24-,28+,33-,38+/m0/s1. The highest BCUT2D eigenvalue weighted by molar-refractivity contribution is 7.13. The molecule has 15 nitrogen and oxygen atoms in total. The number of aromatic hydroxyl groups is 1. The number of aromatic amines is 1. The number of likely N-dealkylation sites (tertiary alicyclic amines) is 2. The first-order valence-electron chi connectivity index (χ1n) is 19.4. The maximum atomic E-state index is 14.1. The van der Waals surface area contributed by atoms with E-state index in [1.54, 1.807) is 41.8 Å². The fourth-order valence-electron chi connectivity index (χ4n) is 7.66. The molecular weight excluding hydrogens is 761 g/mol. The minimum Gasteiger partial charge on any atom is -0.507 e. The quantitative estimate of drug-likeness (QED) is 0.109. The van der Waals surface area contributed by atoms with Crippen LogP contribution in [0, 0.1) is 12.8 Å². The number of nitrogens with zero attached hydrogens (tertiary/aromatic N) is 6. The number of H-pyrrole nitrogens is 1. The van der Waals surface area contributed by atoms with Gasteiger partial charge in [0.2, 0.25) is 11.8 Å². The first kappa shape index (κ1) is 39.0. The smallest absolute Gasteiger partial charge is 0.254 e. The van der Waals surface area contributed by atoms with Gasteiger partial charge in [-0.05, 0) is 54.2 Å². The van der Waals surface area contributed by atoms with E-state index in [-0.39, 0.29) is 54.5 Å². The summed E-state index contributed by atoms with van der Waals surface area (Å²) in [5.74, 6) is -0.148. The number of phenolic OH excluding ortho intramolecular Hbond substituents is 1. The molecule has 0 radical (unpaired) electrons. The number of phenols is 1. The van der Waals surface area contributed by atoms with Gasteiger partial charge in [0.15, 0.2) is 11.4 Å². The molecule has 2 aliphatic rings. The molecule has 2 fully saturated rings. The second-order valence-electron chi connectivity index (χ2n) is 15.3. The van der Waals surface area contributed by atoms with Crippen molar-refractivity contribution in [3.63, 3.8) is 0 Å². The monoisotopic (exact) mass is 806 g/mol. The first-order chi connectivity index (χ1) is 28.0. The summed E-state index contributed by atoms with van der Waals surface area (Å²) < 4.78 is 17.9. The lowest BCUT2D eigenvalue weighted by atomic mass is 9.91. The summed E-state index contributed by atoms with van der Waals surface area (Å²) in [5.41, 5.74) is 6.53. The SMILES string of the molecule is Cc1ncsc1-c1ccc([C@H](C)NC(=O)[C@@H]2C[C@@H](O)CN2C(=O)[C@@H](c2cc(OCCN3CC(Oc4c[nH]c5nnc(-c6ccccc6O)cc45)C3)no2)C(C)C)cc1. The summed E-state index contributed by atoms with van der Waals surface area (Å²) in [6.45, 7) is 10.1. The van der Waals surface area contributed by atoms with Gasteiger partial charge in [0.25, 0.3) is 5.88 Å². The molecule has 16 heteroatoms. The zero-order chi connectivity index (χ0) is 40.5. The highest BCUT2D eigenvalue weighted by Crippen LogP contribution is 2.35. The van der Waals surface area contributed by atoms with Gasteiger partial charge >= 0.3 is 0 Å². The Morgan fingerprint density at radius 2 is 1.86 bits per heavy atom. The number of nitrogens with one attached hydrogen (secondary N) is 2. The molecule has 8 rings (SSSR count). The molecule has 0 aliphatic carbocycles. The highest BCUT2D eigenvalue weighted by Gasteiger charge is 2.43. The van der Waals surface area contributed by atoms with Crippen molar-refractivity contribution in [1.82, 2.24) is 40.4 Å². The van der Waals surface area contributed by atoms with E-state index in [0.717, 1.165) is 27.1 Å². The largest absolute Gasteiger partial charge is 0.507 e. The Labute approximate surface area is 339 Å². The third-order valence-corrected chi connectivity index (χ3v) is 11.8. The number of aliphatic hydroxyl groups excluding tert-OH is 1. The Morgan fingerprint density at radius 3 is 2.60 bits per heavy atom. The number of para-hydroxylation sites is 1. The van der Waals surface area contributed by atoms with E-state index < -0.39 is 18.1 Å². The van der Waals surface area contributed by atoms with Crippen molar-refractivity contribution in [1.29, 1.82) is 0 Å². The topological polar surface area (TPSA) is 192 Å². The van der Waals surface area contributed by atoms with Gasteiger partial charge in [-0.25, -0.2) is 4.98 Å². The van der Waals surface area contributed by atoms with Crippen molar-refractivity contribution in [3.05, 3.63) is 89.4 Å². The van der Waals surface area contributed by atoms with E-state index in [1.807, 2.05) is 69.6 Å². The van der Waals surface area contributed by atoms with Crippen LogP contribution in [-0.4, -0.2) is 108 Å². The average molecular weight is 807 g/mol. The molecule has 4 atom stereocenters. The van der Waals surface area contributed by atoms with E-state index in [9.17, 15) is 19.8 Å². The number of aryl methyl sites for hydroxylation is 1. The number of amides is 2. The fraction of sp³-hybridized carbons (Fsp3) is 0.381. The van der Waals surface area contributed by atoms with Gasteiger partial charge in [-0.15, -0.1) is 21.5 Å². The molecule has 0 bridgehead atoms. The third kappa shape index (κ3) is 8.12. The maximum Gasteiger partial charge on any atom is 0.254 e. The molecule has 6 aromatic rings. The lowest BCUT2D eigenvalue weighted by Crippen LogP contribution is -2.54. The normalized spacial score (nSPS) is 18.3. The van der Waals surface area contributed by atoms with Crippen LogP contribution in [0.4, 0.5) is 0 Å². The lowest BCUT2D eigenvalue weighted by Gasteiger charge is -2.38. The maximum absolute atomic E-state index is 14.1. The number of ether oxygens (including phenoxy) is 2. The van der Waals surface area contributed by atoms with Crippen LogP contribution < -0.4 is 14.8 Å². The molecule has 302 valence electrons. The summed E-state index contributed by atoms with van der Waals surface area (Å²) in [6, 6.07) is 17.3. The molecule has 2 saturated heterocycles.